The standard InChI is InChI=1S/C34H37N5O3/c1-6-27-20-39(19-26-16-28-22(8-7-13-35-28)17-31(26)42-27)18-25-14-23(10-9-21(25)2)32(34(3,4)33(40)41)24-11-12-30-29(15-24)36-37-38(30)5/h7-17,27,32H,6,18-20H2,1-5H3,(H,40,41)/t27-,32?/m1/s1. The Kier molecular flexibility index (Phi) is 7.19. The highest BCUT2D eigenvalue weighted by Crippen LogP contribution is 2.42. The van der Waals surface area contributed by atoms with Crippen molar-refractivity contribution in [1.29, 1.82) is 0 Å². The summed E-state index contributed by atoms with van der Waals surface area (Å²) in [5, 5.41) is 19.8. The number of aliphatic carboxylic acids is 1. The molecule has 1 unspecified atom stereocenters. The molecular formula is C34H37N5O3. The SMILES string of the molecule is CC[C@@H]1CN(Cc2cc(C(c3ccc4c(c3)nnn4C)C(C)(C)C(=O)O)ccc2C)Cc2cc3ncccc3cc2O1. The van der Waals surface area contributed by atoms with Gasteiger partial charge in [0, 0.05) is 49.7 Å². The number of aryl methyl sites for hydroxylation is 2. The quantitative estimate of drug-likeness (QED) is 0.251. The van der Waals surface area contributed by atoms with Crippen LogP contribution in [0.4, 0.5) is 0 Å². The third kappa shape index (κ3) is 5.11. The van der Waals surface area contributed by atoms with Gasteiger partial charge in [-0.1, -0.05) is 42.5 Å². The van der Waals surface area contributed by atoms with Gasteiger partial charge in [0.2, 0.25) is 0 Å². The highest BCUT2D eigenvalue weighted by molar-refractivity contribution is 5.81. The van der Waals surface area contributed by atoms with E-state index in [-0.39, 0.29) is 12.0 Å². The van der Waals surface area contributed by atoms with Crippen molar-refractivity contribution in [3.63, 3.8) is 0 Å². The van der Waals surface area contributed by atoms with Gasteiger partial charge >= 0.3 is 5.97 Å². The average Bonchev–Trinajstić information content (AvgIpc) is 3.24. The van der Waals surface area contributed by atoms with Crippen LogP contribution in [0, 0.1) is 12.3 Å². The smallest absolute Gasteiger partial charge is 0.310 e. The van der Waals surface area contributed by atoms with Crippen LogP contribution in [0.1, 0.15) is 60.9 Å². The monoisotopic (exact) mass is 563 g/mol. The molecule has 8 heteroatoms. The molecule has 1 aliphatic heterocycles. The fourth-order valence-corrected chi connectivity index (χ4v) is 6.19. The number of pyridine rings is 1. The molecule has 0 aliphatic carbocycles. The molecule has 0 bridgehead atoms. The van der Waals surface area contributed by atoms with Gasteiger partial charge in [-0.25, -0.2) is 4.68 Å². The number of fused-ring (bicyclic) bond motifs is 3. The Bertz CT molecular complexity index is 1790. The van der Waals surface area contributed by atoms with E-state index in [1.54, 1.807) is 18.5 Å². The van der Waals surface area contributed by atoms with Crippen molar-refractivity contribution in [3.05, 3.63) is 94.7 Å². The molecule has 0 fully saturated rings. The van der Waals surface area contributed by atoms with Gasteiger partial charge in [-0.3, -0.25) is 14.7 Å². The molecule has 3 heterocycles. The number of carboxylic acids is 1. The molecule has 0 saturated carbocycles. The predicted octanol–water partition coefficient (Wildman–Crippen LogP) is 6.24. The Labute approximate surface area is 245 Å². The maximum Gasteiger partial charge on any atom is 0.310 e. The van der Waals surface area contributed by atoms with Crippen LogP contribution in [0.15, 0.2) is 66.9 Å². The van der Waals surface area contributed by atoms with Crippen molar-refractivity contribution in [2.75, 3.05) is 6.54 Å². The zero-order valence-corrected chi connectivity index (χ0v) is 24.8. The minimum absolute atomic E-state index is 0.0706. The van der Waals surface area contributed by atoms with Crippen LogP contribution in [0.25, 0.3) is 21.9 Å². The van der Waals surface area contributed by atoms with E-state index in [1.807, 2.05) is 37.5 Å². The van der Waals surface area contributed by atoms with Crippen LogP contribution in [0.5, 0.6) is 5.75 Å². The fraction of sp³-hybridized carbons (Fsp3) is 0.353. The van der Waals surface area contributed by atoms with Gasteiger partial charge in [-0.05, 0) is 79.8 Å². The Balaban J connectivity index is 1.37. The molecule has 0 saturated heterocycles. The molecule has 1 N–H and O–H groups in total. The maximum atomic E-state index is 12.6. The Morgan fingerprint density at radius 1 is 1.10 bits per heavy atom. The number of benzene rings is 3. The first-order valence-electron chi connectivity index (χ1n) is 14.5. The van der Waals surface area contributed by atoms with Gasteiger partial charge in [-0.15, -0.1) is 5.10 Å². The van der Waals surface area contributed by atoms with Crippen molar-refractivity contribution < 1.29 is 14.6 Å². The largest absolute Gasteiger partial charge is 0.489 e. The van der Waals surface area contributed by atoms with Crippen molar-refractivity contribution >= 4 is 27.9 Å². The molecule has 3 aromatic carbocycles. The fourth-order valence-electron chi connectivity index (χ4n) is 6.19. The molecule has 2 atom stereocenters. The van der Waals surface area contributed by atoms with Crippen LogP contribution in [0.3, 0.4) is 0 Å². The van der Waals surface area contributed by atoms with Crippen LogP contribution >= 0.6 is 0 Å². The summed E-state index contributed by atoms with van der Waals surface area (Å²) in [4.78, 5) is 19.6. The first-order chi connectivity index (χ1) is 20.1. The maximum absolute atomic E-state index is 12.6. The van der Waals surface area contributed by atoms with Gasteiger partial charge in [0.05, 0.1) is 16.4 Å². The van der Waals surface area contributed by atoms with Crippen LogP contribution in [-0.4, -0.2) is 48.6 Å². The second kappa shape index (κ2) is 10.8. The predicted molar refractivity (Wildman–Crippen MR) is 164 cm³/mol. The molecular weight excluding hydrogens is 526 g/mol. The number of nitrogens with zero attached hydrogens (tertiary/aromatic N) is 5. The van der Waals surface area contributed by atoms with Crippen molar-refractivity contribution in [3.8, 4) is 5.75 Å². The topological polar surface area (TPSA) is 93.4 Å². The first kappa shape index (κ1) is 27.8. The molecule has 1 aliphatic rings. The number of carbonyl (C=O) groups is 1. The summed E-state index contributed by atoms with van der Waals surface area (Å²) in [6, 6.07) is 20.6. The van der Waals surface area contributed by atoms with E-state index in [2.05, 4.69) is 70.4 Å². The van der Waals surface area contributed by atoms with Gasteiger partial charge in [0.1, 0.15) is 17.4 Å². The lowest BCUT2D eigenvalue weighted by molar-refractivity contribution is -0.147. The second-order valence-electron chi connectivity index (χ2n) is 12.1. The van der Waals surface area contributed by atoms with E-state index in [9.17, 15) is 9.90 Å². The third-order valence-corrected chi connectivity index (χ3v) is 8.73. The van der Waals surface area contributed by atoms with Crippen molar-refractivity contribution in [1.82, 2.24) is 24.9 Å². The van der Waals surface area contributed by atoms with E-state index in [0.29, 0.717) is 0 Å². The molecule has 5 aromatic rings. The van der Waals surface area contributed by atoms with Crippen molar-refractivity contribution in [2.24, 2.45) is 12.5 Å². The molecule has 2 aromatic heterocycles. The molecule has 8 nitrogen and oxygen atoms in total. The molecule has 216 valence electrons. The summed E-state index contributed by atoms with van der Waals surface area (Å²) in [5.74, 6) is -0.297. The molecule has 6 rings (SSSR count). The number of aromatic nitrogens is 4. The zero-order valence-electron chi connectivity index (χ0n) is 24.8. The van der Waals surface area contributed by atoms with E-state index in [4.69, 9.17) is 4.74 Å². The summed E-state index contributed by atoms with van der Waals surface area (Å²) < 4.78 is 8.22. The van der Waals surface area contributed by atoms with Gasteiger partial charge in [0.25, 0.3) is 0 Å². The number of rotatable bonds is 7. The normalized spacial score (nSPS) is 16.6. The minimum atomic E-state index is -1.06. The zero-order chi connectivity index (χ0) is 29.6. The van der Waals surface area contributed by atoms with E-state index < -0.39 is 11.4 Å². The van der Waals surface area contributed by atoms with Gasteiger partial charge in [-0.2, -0.15) is 0 Å². The number of hydrogen-bond donors (Lipinski definition) is 1. The Hall–Kier alpha value is -4.30. The average molecular weight is 564 g/mol. The summed E-state index contributed by atoms with van der Waals surface area (Å²) in [6.07, 6.45) is 2.80. The molecule has 0 radical (unpaired) electrons. The lowest BCUT2D eigenvalue weighted by atomic mass is 9.71. The van der Waals surface area contributed by atoms with Gasteiger partial charge in [0.15, 0.2) is 0 Å². The van der Waals surface area contributed by atoms with Crippen molar-refractivity contribution in [2.45, 2.75) is 59.2 Å². The third-order valence-electron chi connectivity index (χ3n) is 8.73. The summed E-state index contributed by atoms with van der Waals surface area (Å²) >= 11 is 0. The second-order valence-corrected chi connectivity index (χ2v) is 12.1. The Morgan fingerprint density at radius 3 is 2.67 bits per heavy atom. The molecule has 0 amide bonds. The summed E-state index contributed by atoms with van der Waals surface area (Å²) in [5.41, 5.74) is 6.94. The summed E-state index contributed by atoms with van der Waals surface area (Å²) in [7, 11) is 1.86. The molecule has 0 spiro atoms. The number of hydrogen-bond acceptors (Lipinski definition) is 6. The summed E-state index contributed by atoms with van der Waals surface area (Å²) in [6.45, 7) is 10.2. The van der Waals surface area contributed by atoms with Gasteiger partial charge < -0.3 is 9.84 Å². The van der Waals surface area contributed by atoms with Crippen LogP contribution in [-0.2, 0) is 24.9 Å². The highest BCUT2D eigenvalue weighted by Gasteiger charge is 2.39. The lowest BCUT2D eigenvalue weighted by Crippen LogP contribution is -2.33. The van der Waals surface area contributed by atoms with E-state index >= 15 is 0 Å². The van der Waals surface area contributed by atoms with Crippen LogP contribution in [0.2, 0.25) is 0 Å². The van der Waals surface area contributed by atoms with Crippen LogP contribution < -0.4 is 4.74 Å². The molecule has 42 heavy (non-hydrogen) atoms. The number of ether oxygens (including phenoxy) is 1. The van der Waals surface area contributed by atoms with E-state index in [0.717, 1.165) is 70.4 Å². The minimum Gasteiger partial charge on any atom is -0.489 e. The first-order valence-corrected chi connectivity index (χ1v) is 14.5. The van der Waals surface area contributed by atoms with E-state index in [1.165, 1.54) is 11.1 Å². The lowest BCUT2D eigenvalue weighted by Gasteiger charge is -2.32. The Morgan fingerprint density at radius 2 is 1.88 bits per heavy atom. The highest BCUT2D eigenvalue weighted by atomic mass is 16.5. The number of carboxylic acid groups (broad SMARTS) is 1.